The average Bonchev–Trinajstić information content (AvgIpc) is 3.05. The fourth-order valence-corrected chi connectivity index (χ4v) is 3.06. The van der Waals surface area contributed by atoms with Crippen LogP contribution in [-0.4, -0.2) is 36.1 Å². The lowest BCUT2D eigenvalue weighted by molar-refractivity contribution is 0.172. The summed E-state index contributed by atoms with van der Waals surface area (Å²) in [5, 5.41) is 3.78. The molecule has 1 heterocycles. The third-order valence-corrected chi connectivity index (χ3v) is 4.57. The largest absolute Gasteiger partial charge is 0.310 e. The van der Waals surface area contributed by atoms with E-state index in [-0.39, 0.29) is 0 Å². The first kappa shape index (κ1) is 13.4. The van der Waals surface area contributed by atoms with E-state index >= 15 is 0 Å². The van der Waals surface area contributed by atoms with Crippen molar-refractivity contribution in [3.63, 3.8) is 0 Å². The quantitative estimate of drug-likeness (QED) is 0.733. The Labute approximate surface area is 107 Å². The SMILES string of the molecule is CCC1(CN(CCC(C)C)C2CC2)CCCN1. The van der Waals surface area contributed by atoms with E-state index in [2.05, 4.69) is 31.0 Å². The predicted molar refractivity (Wildman–Crippen MR) is 74.3 cm³/mol. The predicted octanol–water partition coefficient (Wildman–Crippen LogP) is 3.03. The lowest BCUT2D eigenvalue weighted by Gasteiger charge is -2.35. The highest BCUT2D eigenvalue weighted by Gasteiger charge is 2.37. The fraction of sp³-hybridized carbons (Fsp3) is 1.00. The van der Waals surface area contributed by atoms with Gasteiger partial charge in [-0.15, -0.1) is 0 Å². The van der Waals surface area contributed by atoms with Crippen LogP contribution < -0.4 is 5.32 Å². The molecule has 0 aromatic heterocycles. The van der Waals surface area contributed by atoms with Gasteiger partial charge in [-0.3, -0.25) is 4.90 Å². The van der Waals surface area contributed by atoms with Gasteiger partial charge in [0.15, 0.2) is 0 Å². The van der Waals surface area contributed by atoms with Gasteiger partial charge in [-0.1, -0.05) is 20.8 Å². The van der Waals surface area contributed by atoms with Crippen LogP contribution >= 0.6 is 0 Å². The first-order chi connectivity index (χ1) is 8.15. The van der Waals surface area contributed by atoms with Gasteiger partial charge in [0.1, 0.15) is 0 Å². The summed E-state index contributed by atoms with van der Waals surface area (Å²) in [6, 6.07) is 0.916. The number of nitrogens with one attached hydrogen (secondary N) is 1. The number of nitrogens with zero attached hydrogens (tertiary/aromatic N) is 1. The highest BCUT2D eigenvalue weighted by molar-refractivity contribution is 4.97. The first-order valence-corrected chi connectivity index (χ1v) is 7.64. The zero-order valence-corrected chi connectivity index (χ0v) is 12.0. The number of hydrogen-bond acceptors (Lipinski definition) is 2. The highest BCUT2D eigenvalue weighted by Crippen LogP contribution is 2.32. The lowest BCUT2D eigenvalue weighted by Crippen LogP contribution is -2.50. The topological polar surface area (TPSA) is 15.3 Å². The molecule has 2 fully saturated rings. The second kappa shape index (κ2) is 5.71. The first-order valence-electron chi connectivity index (χ1n) is 7.64. The molecule has 2 heteroatoms. The minimum Gasteiger partial charge on any atom is -0.310 e. The van der Waals surface area contributed by atoms with Gasteiger partial charge in [0.25, 0.3) is 0 Å². The van der Waals surface area contributed by atoms with Gasteiger partial charge in [0, 0.05) is 18.1 Å². The van der Waals surface area contributed by atoms with Crippen LogP contribution in [-0.2, 0) is 0 Å². The molecular formula is C15H30N2. The van der Waals surface area contributed by atoms with Crippen molar-refractivity contribution in [3.05, 3.63) is 0 Å². The van der Waals surface area contributed by atoms with E-state index in [0.717, 1.165) is 12.0 Å². The number of rotatable bonds is 7. The van der Waals surface area contributed by atoms with Gasteiger partial charge in [-0.25, -0.2) is 0 Å². The molecule has 0 aromatic rings. The summed E-state index contributed by atoms with van der Waals surface area (Å²) in [7, 11) is 0. The molecule has 17 heavy (non-hydrogen) atoms. The van der Waals surface area contributed by atoms with E-state index in [1.54, 1.807) is 0 Å². The Kier molecular flexibility index (Phi) is 4.48. The maximum atomic E-state index is 3.78. The smallest absolute Gasteiger partial charge is 0.0306 e. The van der Waals surface area contributed by atoms with Gasteiger partial charge < -0.3 is 5.32 Å². The van der Waals surface area contributed by atoms with Gasteiger partial charge in [-0.05, 0) is 57.5 Å². The Morgan fingerprint density at radius 1 is 1.35 bits per heavy atom. The molecule has 1 aliphatic heterocycles. The minimum atomic E-state index is 0.444. The van der Waals surface area contributed by atoms with Crippen molar-refractivity contribution in [2.45, 2.75) is 70.9 Å². The van der Waals surface area contributed by atoms with E-state index < -0.39 is 0 Å². The average molecular weight is 238 g/mol. The van der Waals surface area contributed by atoms with Gasteiger partial charge in [0.2, 0.25) is 0 Å². The molecule has 1 aliphatic carbocycles. The molecule has 1 N–H and O–H groups in total. The highest BCUT2D eigenvalue weighted by atomic mass is 15.2. The molecule has 0 amide bonds. The van der Waals surface area contributed by atoms with Crippen LogP contribution in [0.25, 0.3) is 0 Å². The van der Waals surface area contributed by atoms with Crippen molar-refractivity contribution < 1.29 is 0 Å². The summed E-state index contributed by atoms with van der Waals surface area (Å²) in [6.07, 6.45) is 8.29. The van der Waals surface area contributed by atoms with Crippen molar-refractivity contribution in [3.8, 4) is 0 Å². The molecule has 2 nitrogen and oxygen atoms in total. The Hall–Kier alpha value is -0.0800. The van der Waals surface area contributed by atoms with Gasteiger partial charge in [-0.2, -0.15) is 0 Å². The zero-order chi connectivity index (χ0) is 12.3. The summed E-state index contributed by atoms with van der Waals surface area (Å²) < 4.78 is 0. The molecule has 100 valence electrons. The summed E-state index contributed by atoms with van der Waals surface area (Å²) in [5.74, 6) is 0.838. The third kappa shape index (κ3) is 3.69. The monoisotopic (exact) mass is 238 g/mol. The second-order valence-corrected chi connectivity index (χ2v) is 6.55. The second-order valence-electron chi connectivity index (χ2n) is 6.55. The van der Waals surface area contributed by atoms with E-state index in [4.69, 9.17) is 0 Å². The van der Waals surface area contributed by atoms with Crippen molar-refractivity contribution >= 4 is 0 Å². The van der Waals surface area contributed by atoms with Gasteiger partial charge >= 0.3 is 0 Å². The molecule has 2 rings (SSSR count). The zero-order valence-electron chi connectivity index (χ0n) is 12.0. The Morgan fingerprint density at radius 2 is 2.12 bits per heavy atom. The van der Waals surface area contributed by atoms with E-state index in [9.17, 15) is 0 Å². The molecular weight excluding hydrogens is 208 g/mol. The van der Waals surface area contributed by atoms with Gasteiger partial charge in [0.05, 0.1) is 0 Å². The maximum absolute atomic E-state index is 3.78. The standard InChI is InChI=1S/C15H30N2/c1-4-15(9-5-10-16-15)12-17(14-6-7-14)11-8-13(2)3/h13-14,16H,4-12H2,1-3H3. The van der Waals surface area contributed by atoms with Crippen molar-refractivity contribution in [1.82, 2.24) is 10.2 Å². The normalized spacial score (nSPS) is 29.5. The van der Waals surface area contributed by atoms with Crippen LogP contribution in [0.15, 0.2) is 0 Å². The van der Waals surface area contributed by atoms with Crippen molar-refractivity contribution in [2.75, 3.05) is 19.6 Å². The molecule has 0 spiro atoms. The summed E-state index contributed by atoms with van der Waals surface area (Å²) in [5.41, 5.74) is 0.444. The minimum absolute atomic E-state index is 0.444. The Morgan fingerprint density at radius 3 is 2.59 bits per heavy atom. The maximum Gasteiger partial charge on any atom is 0.0306 e. The number of hydrogen-bond donors (Lipinski definition) is 1. The van der Waals surface area contributed by atoms with Crippen LogP contribution in [0.4, 0.5) is 0 Å². The van der Waals surface area contributed by atoms with Crippen LogP contribution in [0.3, 0.4) is 0 Å². The summed E-state index contributed by atoms with van der Waals surface area (Å²) >= 11 is 0. The molecule has 0 radical (unpaired) electrons. The molecule has 0 aromatic carbocycles. The summed E-state index contributed by atoms with van der Waals surface area (Å²) in [6.45, 7) is 10.9. The van der Waals surface area contributed by atoms with Crippen molar-refractivity contribution in [2.24, 2.45) is 5.92 Å². The molecule has 0 bridgehead atoms. The molecule has 2 aliphatic rings. The Balaban J connectivity index is 1.87. The lowest BCUT2D eigenvalue weighted by atomic mass is 9.93. The van der Waals surface area contributed by atoms with Crippen LogP contribution in [0.5, 0.6) is 0 Å². The molecule has 1 unspecified atom stereocenters. The van der Waals surface area contributed by atoms with E-state index in [1.165, 1.54) is 58.2 Å². The Bertz CT molecular complexity index is 227. The fourth-order valence-electron chi connectivity index (χ4n) is 3.06. The van der Waals surface area contributed by atoms with Crippen LogP contribution in [0.2, 0.25) is 0 Å². The molecule has 1 saturated heterocycles. The van der Waals surface area contributed by atoms with E-state index in [1.807, 2.05) is 0 Å². The van der Waals surface area contributed by atoms with Crippen LogP contribution in [0.1, 0.15) is 59.3 Å². The summed E-state index contributed by atoms with van der Waals surface area (Å²) in [4.78, 5) is 2.78. The third-order valence-electron chi connectivity index (χ3n) is 4.57. The van der Waals surface area contributed by atoms with Crippen molar-refractivity contribution in [1.29, 1.82) is 0 Å². The molecule has 1 saturated carbocycles. The van der Waals surface area contributed by atoms with E-state index in [0.29, 0.717) is 5.54 Å². The van der Waals surface area contributed by atoms with Crippen LogP contribution in [0, 0.1) is 5.92 Å². The molecule has 1 atom stereocenters.